The monoisotopic (exact) mass is 297 g/mol. The topological polar surface area (TPSA) is 66.4 Å². The number of alkyl halides is 5. The van der Waals surface area contributed by atoms with Crippen LogP contribution in [0.15, 0.2) is 18.2 Å². The molecule has 110 valence electrons. The van der Waals surface area contributed by atoms with Gasteiger partial charge in [-0.25, -0.2) is 4.79 Å². The number of carboxylic acids is 1. The van der Waals surface area contributed by atoms with Gasteiger partial charge in [0.05, 0.1) is 5.56 Å². The van der Waals surface area contributed by atoms with E-state index in [4.69, 9.17) is 5.11 Å². The van der Waals surface area contributed by atoms with Gasteiger partial charge in [0, 0.05) is 5.69 Å². The molecule has 0 aliphatic carbocycles. The van der Waals surface area contributed by atoms with E-state index >= 15 is 0 Å². The number of carbonyl (C=O) groups excluding carboxylic acids is 1. The Morgan fingerprint density at radius 1 is 1.15 bits per heavy atom. The molecule has 0 saturated carbocycles. The zero-order chi connectivity index (χ0) is 15.7. The van der Waals surface area contributed by atoms with Gasteiger partial charge < -0.3 is 10.4 Å². The lowest BCUT2D eigenvalue weighted by Gasteiger charge is -2.18. The minimum atomic E-state index is -6.01. The van der Waals surface area contributed by atoms with Crippen molar-refractivity contribution in [2.24, 2.45) is 0 Å². The summed E-state index contributed by atoms with van der Waals surface area (Å²) in [7, 11) is 0. The molecule has 2 N–H and O–H groups in total. The van der Waals surface area contributed by atoms with Crippen molar-refractivity contribution in [2.45, 2.75) is 19.0 Å². The van der Waals surface area contributed by atoms with Crippen LogP contribution in [0.3, 0.4) is 0 Å². The standard InChI is InChI=1S/C11H8F5NO3/c1-5-4-6(2-3-7(5)8(18)19)17-9(20)10(12,13)11(14,15)16/h2-4H,1H3,(H,17,20)(H,18,19). The summed E-state index contributed by atoms with van der Waals surface area (Å²) < 4.78 is 61.2. The predicted octanol–water partition coefficient (Wildman–Crippen LogP) is 2.83. The third-order valence-electron chi connectivity index (χ3n) is 2.36. The van der Waals surface area contributed by atoms with Gasteiger partial charge >= 0.3 is 24.0 Å². The SMILES string of the molecule is Cc1cc(NC(=O)C(F)(F)C(F)(F)F)ccc1C(=O)O. The first-order valence-corrected chi connectivity index (χ1v) is 5.06. The highest BCUT2D eigenvalue weighted by Gasteiger charge is 2.63. The average Bonchev–Trinajstić information content (AvgIpc) is 2.26. The quantitative estimate of drug-likeness (QED) is 0.843. The van der Waals surface area contributed by atoms with Gasteiger partial charge in [0.2, 0.25) is 0 Å². The van der Waals surface area contributed by atoms with Crippen LogP contribution in [0.1, 0.15) is 15.9 Å². The highest BCUT2D eigenvalue weighted by molar-refractivity contribution is 5.97. The van der Waals surface area contributed by atoms with Crippen molar-refractivity contribution in [1.29, 1.82) is 0 Å². The molecule has 0 fully saturated rings. The molecule has 0 aromatic heterocycles. The van der Waals surface area contributed by atoms with Crippen molar-refractivity contribution in [3.05, 3.63) is 29.3 Å². The van der Waals surface area contributed by atoms with Crippen LogP contribution in [0.5, 0.6) is 0 Å². The molecule has 0 unspecified atom stereocenters. The maximum absolute atomic E-state index is 12.7. The van der Waals surface area contributed by atoms with Crippen LogP contribution in [0.25, 0.3) is 0 Å². The van der Waals surface area contributed by atoms with Gasteiger partial charge in [0.25, 0.3) is 0 Å². The van der Waals surface area contributed by atoms with Gasteiger partial charge in [-0.1, -0.05) is 0 Å². The normalized spacial score (nSPS) is 12.1. The van der Waals surface area contributed by atoms with E-state index < -0.39 is 24.0 Å². The zero-order valence-corrected chi connectivity index (χ0v) is 9.89. The van der Waals surface area contributed by atoms with Crippen molar-refractivity contribution in [3.63, 3.8) is 0 Å². The predicted molar refractivity (Wildman–Crippen MR) is 57.8 cm³/mol. The van der Waals surface area contributed by atoms with E-state index in [9.17, 15) is 31.5 Å². The largest absolute Gasteiger partial charge is 0.478 e. The fourth-order valence-electron chi connectivity index (χ4n) is 1.32. The smallest absolute Gasteiger partial charge is 0.463 e. The number of aromatic carboxylic acids is 1. The third-order valence-corrected chi connectivity index (χ3v) is 2.36. The van der Waals surface area contributed by atoms with Crippen molar-refractivity contribution >= 4 is 17.6 Å². The maximum Gasteiger partial charge on any atom is 0.463 e. The van der Waals surface area contributed by atoms with Crippen LogP contribution < -0.4 is 5.32 Å². The van der Waals surface area contributed by atoms with E-state index in [1.165, 1.54) is 12.2 Å². The van der Waals surface area contributed by atoms with Crippen LogP contribution >= 0.6 is 0 Å². The molecule has 4 nitrogen and oxygen atoms in total. The number of nitrogens with one attached hydrogen (secondary N) is 1. The number of hydrogen-bond acceptors (Lipinski definition) is 2. The van der Waals surface area contributed by atoms with E-state index in [1.54, 1.807) is 0 Å². The lowest BCUT2D eigenvalue weighted by Crippen LogP contribution is -2.47. The van der Waals surface area contributed by atoms with Gasteiger partial charge in [-0.3, -0.25) is 4.79 Å². The molecule has 1 rings (SSSR count). The third kappa shape index (κ3) is 3.03. The zero-order valence-electron chi connectivity index (χ0n) is 9.89. The van der Waals surface area contributed by atoms with Gasteiger partial charge in [0.1, 0.15) is 0 Å². The number of amides is 1. The number of carboxylic acid groups (broad SMARTS) is 1. The van der Waals surface area contributed by atoms with Crippen LogP contribution in [0.4, 0.5) is 27.6 Å². The molecule has 20 heavy (non-hydrogen) atoms. The summed E-state index contributed by atoms with van der Waals surface area (Å²) in [6.45, 7) is 1.31. The first-order valence-electron chi connectivity index (χ1n) is 5.06. The van der Waals surface area contributed by atoms with Gasteiger partial charge in [-0.05, 0) is 30.7 Å². The Labute approximate surface area is 109 Å². The molecule has 0 radical (unpaired) electrons. The van der Waals surface area contributed by atoms with Crippen LogP contribution in [0.2, 0.25) is 0 Å². The summed E-state index contributed by atoms with van der Waals surface area (Å²) in [6.07, 6.45) is -6.01. The molecule has 1 aromatic rings. The second kappa shape index (κ2) is 5.06. The Bertz CT molecular complexity index is 553. The lowest BCUT2D eigenvalue weighted by atomic mass is 10.1. The molecule has 9 heteroatoms. The first kappa shape index (κ1) is 15.9. The Hall–Kier alpha value is -2.19. The maximum atomic E-state index is 12.7. The summed E-state index contributed by atoms with van der Waals surface area (Å²) in [5.74, 6) is -9.36. The lowest BCUT2D eigenvalue weighted by molar-refractivity contribution is -0.267. The van der Waals surface area contributed by atoms with Crippen LogP contribution in [-0.4, -0.2) is 29.1 Å². The van der Waals surface area contributed by atoms with Gasteiger partial charge in [0.15, 0.2) is 0 Å². The fraction of sp³-hybridized carbons (Fsp3) is 0.273. The molecular weight excluding hydrogens is 289 g/mol. The van der Waals surface area contributed by atoms with Gasteiger partial charge in [-0.2, -0.15) is 22.0 Å². The number of rotatable bonds is 3. The van der Waals surface area contributed by atoms with Crippen molar-refractivity contribution in [1.82, 2.24) is 0 Å². The number of aryl methyl sites for hydroxylation is 1. The summed E-state index contributed by atoms with van der Waals surface area (Å²) >= 11 is 0. The van der Waals surface area contributed by atoms with E-state index in [0.717, 1.165) is 18.2 Å². The van der Waals surface area contributed by atoms with Crippen molar-refractivity contribution in [2.75, 3.05) is 5.32 Å². The fourth-order valence-corrected chi connectivity index (χ4v) is 1.32. The van der Waals surface area contributed by atoms with E-state index in [1.807, 2.05) is 0 Å². The summed E-state index contributed by atoms with van der Waals surface area (Å²) in [5.41, 5.74) is -0.419. The molecule has 0 aliphatic heterocycles. The Kier molecular flexibility index (Phi) is 4.02. The van der Waals surface area contributed by atoms with E-state index in [-0.39, 0.29) is 16.8 Å². The van der Waals surface area contributed by atoms with Crippen molar-refractivity contribution < 1.29 is 36.6 Å². The van der Waals surface area contributed by atoms with Crippen LogP contribution in [0, 0.1) is 6.92 Å². The first-order chi connectivity index (χ1) is 8.96. The number of anilines is 1. The molecule has 0 heterocycles. The molecule has 1 aromatic carbocycles. The number of carbonyl (C=O) groups is 2. The van der Waals surface area contributed by atoms with Gasteiger partial charge in [-0.15, -0.1) is 0 Å². The number of benzene rings is 1. The Balaban J connectivity index is 2.98. The molecule has 0 bridgehead atoms. The second-order valence-electron chi connectivity index (χ2n) is 3.86. The summed E-state index contributed by atoms with van der Waals surface area (Å²) in [4.78, 5) is 21.6. The second-order valence-corrected chi connectivity index (χ2v) is 3.86. The summed E-state index contributed by atoms with van der Waals surface area (Å²) in [6, 6.07) is 2.88. The molecule has 0 aliphatic rings. The molecule has 1 amide bonds. The van der Waals surface area contributed by atoms with Crippen LogP contribution in [-0.2, 0) is 4.79 Å². The van der Waals surface area contributed by atoms with E-state index in [2.05, 4.69) is 0 Å². The highest BCUT2D eigenvalue weighted by Crippen LogP contribution is 2.36. The highest BCUT2D eigenvalue weighted by atomic mass is 19.4. The Morgan fingerprint density at radius 3 is 2.10 bits per heavy atom. The molecular formula is C11H8F5NO3. The number of hydrogen-bond donors (Lipinski definition) is 2. The van der Waals surface area contributed by atoms with E-state index in [0.29, 0.717) is 0 Å². The summed E-state index contributed by atoms with van der Waals surface area (Å²) in [5, 5.41) is 10.1. The molecule has 0 atom stereocenters. The number of halogens is 5. The molecule has 0 saturated heterocycles. The average molecular weight is 297 g/mol. The minimum Gasteiger partial charge on any atom is -0.478 e. The molecule has 0 spiro atoms. The van der Waals surface area contributed by atoms with Crippen molar-refractivity contribution in [3.8, 4) is 0 Å². The Morgan fingerprint density at radius 2 is 1.70 bits per heavy atom. The minimum absolute atomic E-state index is 0.102.